The molecule has 0 fully saturated rings. The third-order valence-electron chi connectivity index (χ3n) is 2.56. The van der Waals surface area contributed by atoms with E-state index in [1.54, 1.807) is 0 Å². The lowest BCUT2D eigenvalue weighted by molar-refractivity contribution is 0.617. The van der Waals surface area contributed by atoms with Crippen molar-refractivity contribution in [3.8, 4) is 0 Å². The molecule has 114 valence electrons. The largest absolute Gasteiger partial charge is 0.384 e. The Hall–Kier alpha value is -2.54. The molecule has 3 heterocycles. The molecule has 0 amide bonds. The zero-order chi connectivity index (χ0) is 16.1. The van der Waals surface area contributed by atoms with Crippen LogP contribution in [0.1, 0.15) is 5.69 Å². The Morgan fingerprint density at radius 1 is 1.18 bits per heavy atom. The number of nitrogens with zero attached hydrogens (tertiary/aromatic N) is 3. The van der Waals surface area contributed by atoms with E-state index in [9.17, 15) is 13.6 Å². The van der Waals surface area contributed by atoms with Gasteiger partial charge in [0, 0.05) is 12.3 Å². The summed E-state index contributed by atoms with van der Waals surface area (Å²) in [5.74, 6) is -0.325. The molecule has 5 nitrogen and oxygen atoms in total. The number of nitrogen functional groups attached to an aromatic ring is 1. The van der Waals surface area contributed by atoms with E-state index in [1.807, 2.05) is 0 Å². The lowest BCUT2D eigenvalue weighted by Crippen LogP contribution is -2.15. The highest BCUT2D eigenvalue weighted by atomic mass is 35.5. The zero-order valence-corrected chi connectivity index (χ0v) is 12.0. The summed E-state index contributed by atoms with van der Waals surface area (Å²) in [6, 6.07) is 6.66. The Kier molecular flexibility index (Phi) is 5.00. The first-order valence-electron chi connectivity index (χ1n) is 6.10. The Bertz CT molecular complexity index is 815. The van der Waals surface area contributed by atoms with Crippen LogP contribution in [0.3, 0.4) is 0 Å². The molecule has 0 bridgehead atoms. The van der Waals surface area contributed by atoms with Crippen LogP contribution in [0.4, 0.5) is 14.6 Å². The Morgan fingerprint density at radius 2 is 1.91 bits per heavy atom. The number of aromatic nitrogens is 3. The Balaban J connectivity index is 0.000000188. The van der Waals surface area contributed by atoms with Crippen molar-refractivity contribution in [2.24, 2.45) is 0 Å². The van der Waals surface area contributed by atoms with Crippen LogP contribution in [0.15, 0.2) is 47.5 Å². The van der Waals surface area contributed by atoms with E-state index in [0.717, 1.165) is 16.8 Å². The second-order valence-electron chi connectivity index (χ2n) is 4.20. The number of hydrogen-bond donors (Lipinski definition) is 1. The van der Waals surface area contributed by atoms with Crippen LogP contribution in [0.5, 0.6) is 0 Å². The van der Waals surface area contributed by atoms with Gasteiger partial charge in [-0.25, -0.2) is 18.7 Å². The average Bonchev–Trinajstić information content (AvgIpc) is 2.51. The standard InChI is InChI=1S/C9H6ClFN2O.C5H5FN2/c10-4-7-3-9(14)13-5-6(11)1-2-8(13)12-7;6-4-1-2-5(7)8-3-4/h1-3,5H,4H2;1-3H,(H2,7,8). The summed E-state index contributed by atoms with van der Waals surface area (Å²) >= 11 is 5.55. The molecule has 2 N–H and O–H groups in total. The fourth-order valence-electron chi connectivity index (χ4n) is 1.58. The molecule has 0 unspecified atom stereocenters. The molecule has 0 saturated carbocycles. The normalized spacial score (nSPS) is 10.1. The minimum Gasteiger partial charge on any atom is -0.384 e. The van der Waals surface area contributed by atoms with E-state index in [0.29, 0.717) is 17.2 Å². The predicted molar refractivity (Wildman–Crippen MR) is 79.6 cm³/mol. The van der Waals surface area contributed by atoms with E-state index in [1.165, 1.54) is 30.3 Å². The van der Waals surface area contributed by atoms with Crippen LogP contribution >= 0.6 is 11.6 Å². The van der Waals surface area contributed by atoms with Gasteiger partial charge in [0.1, 0.15) is 23.1 Å². The topological polar surface area (TPSA) is 73.3 Å². The molecule has 0 saturated heterocycles. The van der Waals surface area contributed by atoms with Crippen LogP contribution < -0.4 is 11.3 Å². The van der Waals surface area contributed by atoms with E-state index in [2.05, 4.69) is 9.97 Å². The van der Waals surface area contributed by atoms with Crippen molar-refractivity contribution >= 4 is 23.1 Å². The molecule has 22 heavy (non-hydrogen) atoms. The molecule has 0 aliphatic carbocycles. The van der Waals surface area contributed by atoms with Gasteiger partial charge in [0.15, 0.2) is 0 Å². The first-order valence-corrected chi connectivity index (χ1v) is 6.64. The summed E-state index contributed by atoms with van der Waals surface area (Å²) < 4.78 is 25.9. The fraction of sp³-hybridized carbons (Fsp3) is 0.0714. The van der Waals surface area contributed by atoms with Crippen LogP contribution in [0.25, 0.3) is 5.65 Å². The summed E-state index contributed by atoms with van der Waals surface area (Å²) in [5, 5.41) is 0. The molecule has 0 radical (unpaired) electrons. The van der Waals surface area contributed by atoms with E-state index in [4.69, 9.17) is 17.3 Å². The molecule has 8 heteroatoms. The van der Waals surface area contributed by atoms with Gasteiger partial charge in [-0.1, -0.05) is 0 Å². The maximum absolute atomic E-state index is 12.8. The first-order chi connectivity index (χ1) is 10.5. The quantitative estimate of drug-likeness (QED) is 0.697. The highest BCUT2D eigenvalue weighted by molar-refractivity contribution is 6.16. The second-order valence-corrected chi connectivity index (χ2v) is 4.46. The van der Waals surface area contributed by atoms with Crippen molar-refractivity contribution < 1.29 is 8.78 Å². The molecule has 0 aliphatic heterocycles. The highest BCUT2D eigenvalue weighted by Crippen LogP contribution is 2.03. The van der Waals surface area contributed by atoms with Crippen LogP contribution in [-0.2, 0) is 5.88 Å². The Morgan fingerprint density at radius 3 is 2.50 bits per heavy atom. The van der Waals surface area contributed by atoms with Gasteiger partial charge in [-0.05, 0) is 24.3 Å². The molecule has 3 aromatic heterocycles. The van der Waals surface area contributed by atoms with Crippen molar-refractivity contribution in [2.45, 2.75) is 5.88 Å². The van der Waals surface area contributed by atoms with E-state index >= 15 is 0 Å². The molecule has 0 aromatic carbocycles. The van der Waals surface area contributed by atoms with Crippen molar-refractivity contribution in [3.63, 3.8) is 0 Å². The molecule has 0 atom stereocenters. The first kappa shape index (κ1) is 15.8. The number of alkyl halides is 1. The number of nitrogens with two attached hydrogens (primary N) is 1. The predicted octanol–water partition coefficient (Wildman–Crippen LogP) is 2.38. The third-order valence-corrected chi connectivity index (χ3v) is 2.84. The van der Waals surface area contributed by atoms with Crippen LogP contribution in [0.2, 0.25) is 0 Å². The summed E-state index contributed by atoms with van der Waals surface area (Å²) in [6.07, 6.45) is 2.18. The van der Waals surface area contributed by atoms with Crippen molar-refractivity contribution in [3.05, 3.63) is 70.4 Å². The minimum atomic E-state index is -0.472. The van der Waals surface area contributed by atoms with Gasteiger partial charge in [-0.3, -0.25) is 9.20 Å². The van der Waals surface area contributed by atoms with E-state index in [-0.39, 0.29) is 17.3 Å². The van der Waals surface area contributed by atoms with Crippen molar-refractivity contribution in [1.29, 1.82) is 0 Å². The lowest BCUT2D eigenvalue weighted by Gasteiger charge is -2.00. The fourth-order valence-corrected chi connectivity index (χ4v) is 1.72. The SMILES string of the molecule is Nc1ccc(F)cn1.O=c1cc(CCl)nc2ccc(F)cn12. The number of pyridine rings is 2. The average molecular weight is 325 g/mol. The number of halogens is 3. The van der Waals surface area contributed by atoms with Crippen LogP contribution in [0, 0.1) is 11.6 Å². The van der Waals surface area contributed by atoms with Gasteiger partial charge in [0.25, 0.3) is 5.56 Å². The van der Waals surface area contributed by atoms with Gasteiger partial charge >= 0.3 is 0 Å². The number of rotatable bonds is 1. The maximum atomic E-state index is 12.8. The number of hydrogen-bond acceptors (Lipinski definition) is 4. The number of anilines is 1. The third kappa shape index (κ3) is 3.98. The molecule has 0 aliphatic rings. The lowest BCUT2D eigenvalue weighted by atomic mass is 10.4. The number of fused-ring (bicyclic) bond motifs is 1. The molecule has 0 spiro atoms. The van der Waals surface area contributed by atoms with Crippen molar-refractivity contribution in [2.75, 3.05) is 5.73 Å². The van der Waals surface area contributed by atoms with Crippen LogP contribution in [-0.4, -0.2) is 14.4 Å². The summed E-state index contributed by atoms with van der Waals surface area (Å²) in [5.41, 5.74) is 5.71. The minimum absolute atomic E-state index is 0.170. The molecule has 3 aromatic rings. The zero-order valence-electron chi connectivity index (χ0n) is 11.2. The second kappa shape index (κ2) is 6.95. The highest BCUT2D eigenvalue weighted by Gasteiger charge is 2.01. The van der Waals surface area contributed by atoms with Gasteiger partial charge in [-0.2, -0.15) is 0 Å². The molecule has 3 rings (SSSR count). The summed E-state index contributed by atoms with van der Waals surface area (Å²) in [6.45, 7) is 0. The van der Waals surface area contributed by atoms with Gasteiger partial charge in [0.05, 0.1) is 17.8 Å². The van der Waals surface area contributed by atoms with Gasteiger partial charge in [-0.15, -0.1) is 11.6 Å². The Labute approximate surface area is 129 Å². The molecular formula is C14H11ClF2N4O. The summed E-state index contributed by atoms with van der Waals surface area (Å²) in [7, 11) is 0. The maximum Gasteiger partial charge on any atom is 0.258 e. The smallest absolute Gasteiger partial charge is 0.258 e. The molecular weight excluding hydrogens is 314 g/mol. The monoisotopic (exact) mass is 324 g/mol. The summed E-state index contributed by atoms with van der Waals surface area (Å²) in [4.78, 5) is 18.9. The van der Waals surface area contributed by atoms with Crippen molar-refractivity contribution in [1.82, 2.24) is 14.4 Å². The van der Waals surface area contributed by atoms with Gasteiger partial charge in [0.2, 0.25) is 0 Å². The van der Waals surface area contributed by atoms with E-state index < -0.39 is 5.82 Å². The van der Waals surface area contributed by atoms with Gasteiger partial charge < -0.3 is 5.73 Å².